The van der Waals surface area contributed by atoms with Crippen LogP contribution in [0.15, 0.2) is 59.7 Å². The first-order valence-electron chi connectivity index (χ1n) is 5.98. The van der Waals surface area contributed by atoms with E-state index in [2.05, 4.69) is 5.10 Å². The molecular weight excluding hydrogens is 281 g/mol. The smallest absolute Gasteiger partial charge is 0.323 e. The zero-order chi connectivity index (χ0) is 15.5. The summed E-state index contributed by atoms with van der Waals surface area (Å²) in [6, 6.07) is 12.4. The van der Waals surface area contributed by atoms with Crippen molar-refractivity contribution in [2.45, 2.75) is 6.18 Å². The lowest BCUT2D eigenvalue weighted by Crippen LogP contribution is -2.18. The van der Waals surface area contributed by atoms with Crippen molar-refractivity contribution in [3.8, 4) is 0 Å². The fourth-order valence-corrected chi connectivity index (χ4v) is 1.81. The zero-order valence-corrected chi connectivity index (χ0v) is 10.8. The number of hydrogen-bond donors (Lipinski definition) is 1. The molecule has 2 N–H and O–H groups in total. The second kappa shape index (κ2) is 5.78. The van der Waals surface area contributed by atoms with E-state index in [9.17, 15) is 18.0 Å². The van der Waals surface area contributed by atoms with E-state index in [1.807, 2.05) is 0 Å². The van der Waals surface area contributed by atoms with Crippen molar-refractivity contribution in [3.05, 3.63) is 71.3 Å². The van der Waals surface area contributed by atoms with Gasteiger partial charge in [-0.15, -0.1) is 0 Å². The maximum absolute atomic E-state index is 12.5. The van der Waals surface area contributed by atoms with Gasteiger partial charge in [0.05, 0.1) is 5.56 Å². The lowest BCUT2D eigenvalue weighted by molar-refractivity contribution is -0.137. The molecule has 6 heteroatoms. The van der Waals surface area contributed by atoms with Crippen molar-refractivity contribution in [3.63, 3.8) is 0 Å². The van der Waals surface area contributed by atoms with Crippen LogP contribution in [0.5, 0.6) is 0 Å². The minimum Gasteiger partial charge on any atom is -0.323 e. The largest absolute Gasteiger partial charge is 0.416 e. The Bertz CT molecular complexity index is 662. The molecule has 0 aromatic heterocycles. The first kappa shape index (κ1) is 14.8. The summed E-state index contributed by atoms with van der Waals surface area (Å²) in [5.74, 6) is 4.77. The molecule has 2 rings (SSSR count). The molecule has 0 saturated carbocycles. The van der Waals surface area contributed by atoms with E-state index >= 15 is 0 Å². The Morgan fingerprint density at radius 1 is 0.905 bits per heavy atom. The number of carbonyl (C=O) groups excluding carboxylic acids is 1. The third-order valence-electron chi connectivity index (χ3n) is 2.87. The molecule has 2 aromatic carbocycles. The predicted molar refractivity (Wildman–Crippen MR) is 72.9 cm³/mol. The standard InChI is InChI=1S/C15H11F3N2O/c16-15(17,18)12-8-6-10(7-9-12)13(20-19)14(21)11-4-2-1-3-5-11/h1-9H,19H2. The number of halogens is 3. The summed E-state index contributed by atoms with van der Waals surface area (Å²) in [5, 5.41) is 3.41. The molecule has 0 fully saturated rings. The summed E-state index contributed by atoms with van der Waals surface area (Å²) in [6.07, 6.45) is -4.43. The van der Waals surface area contributed by atoms with Crippen LogP contribution in [-0.2, 0) is 6.18 Å². The fraction of sp³-hybridized carbons (Fsp3) is 0.0667. The number of carbonyl (C=O) groups is 1. The number of nitrogens with two attached hydrogens (primary N) is 1. The van der Waals surface area contributed by atoms with Gasteiger partial charge < -0.3 is 5.84 Å². The van der Waals surface area contributed by atoms with Gasteiger partial charge in [-0.3, -0.25) is 4.79 Å². The molecule has 0 unspecified atom stereocenters. The molecule has 0 saturated heterocycles. The van der Waals surface area contributed by atoms with E-state index in [0.717, 1.165) is 12.1 Å². The normalized spacial score (nSPS) is 12.2. The minimum atomic E-state index is -4.43. The molecule has 2 aromatic rings. The van der Waals surface area contributed by atoms with Crippen LogP contribution < -0.4 is 5.84 Å². The van der Waals surface area contributed by atoms with E-state index in [4.69, 9.17) is 5.84 Å². The summed E-state index contributed by atoms with van der Waals surface area (Å²) in [4.78, 5) is 12.2. The highest BCUT2D eigenvalue weighted by Gasteiger charge is 2.30. The van der Waals surface area contributed by atoms with Crippen LogP contribution in [-0.4, -0.2) is 11.5 Å². The highest BCUT2D eigenvalue weighted by atomic mass is 19.4. The predicted octanol–water partition coefficient (Wildman–Crippen LogP) is 3.25. The van der Waals surface area contributed by atoms with Crippen molar-refractivity contribution >= 4 is 11.5 Å². The van der Waals surface area contributed by atoms with Gasteiger partial charge in [0.1, 0.15) is 5.71 Å². The molecule has 3 nitrogen and oxygen atoms in total. The number of rotatable bonds is 3. The molecule has 0 radical (unpaired) electrons. The van der Waals surface area contributed by atoms with E-state index in [0.29, 0.717) is 5.56 Å². The van der Waals surface area contributed by atoms with E-state index < -0.39 is 17.5 Å². The summed E-state index contributed by atoms with van der Waals surface area (Å²) in [6.45, 7) is 0. The van der Waals surface area contributed by atoms with Gasteiger partial charge in [0, 0.05) is 11.1 Å². The van der Waals surface area contributed by atoms with E-state index in [-0.39, 0.29) is 11.3 Å². The van der Waals surface area contributed by atoms with Crippen LogP contribution in [0.3, 0.4) is 0 Å². The molecule has 108 valence electrons. The molecule has 0 bridgehead atoms. The number of hydrazone groups is 1. The molecule has 0 heterocycles. The Labute approximate surface area is 118 Å². The summed E-state index contributed by atoms with van der Waals surface area (Å²) in [7, 11) is 0. The SMILES string of the molecule is NN=C(C(=O)c1ccccc1)c1ccc(C(F)(F)F)cc1. The van der Waals surface area contributed by atoms with Crippen LogP contribution in [0, 0.1) is 0 Å². The number of ketones is 1. The second-order valence-electron chi connectivity index (χ2n) is 4.25. The third-order valence-corrected chi connectivity index (χ3v) is 2.87. The molecule has 0 aliphatic heterocycles. The summed E-state index contributed by atoms with van der Waals surface area (Å²) >= 11 is 0. The maximum atomic E-state index is 12.5. The number of hydrogen-bond acceptors (Lipinski definition) is 3. The van der Waals surface area contributed by atoms with Gasteiger partial charge in [-0.25, -0.2) is 0 Å². The number of alkyl halides is 3. The molecule has 0 spiro atoms. The average molecular weight is 292 g/mol. The van der Waals surface area contributed by atoms with Gasteiger partial charge in [-0.1, -0.05) is 42.5 Å². The Morgan fingerprint density at radius 2 is 1.48 bits per heavy atom. The molecule has 0 atom stereocenters. The van der Waals surface area contributed by atoms with Crippen molar-refractivity contribution < 1.29 is 18.0 Å². The van der Waals surface area contributed by atoms with Gasteiger partial charge in [-0.05, 0) is 12.1 Å². The van der Waals surface area contributed by atoms with Gasteiger partial charge in [-0.2, -0.15) is 18.3 Å². The Morgan fingerprint density at radius 3 is 1.95 bits per heavy atom. The van der Waals surface area contributed by atoms with E-state index in [1.165, 1.54) is 12.1 Å². The highest BCUT2D eigenvalue weighted by molar-refractivity contribution is 6.51. The molecule has 0 aliphatic rings. The number of Topliss-reactive ketones (excluding diaryl/α,β-unsaturated/α-hetero) is 1. The van der Waals surface area contributed by atoms with Crippen LogP contribution in [0.1, 0.15) is 21.5 Å². The lowest BCUT2D eigenvalue weighted by atomic mass is 10.00. The average Bonchev–Trinajstić information content (AvgIpc) is 2.48. The Balaban J connectivity index is 2.33. The van der Waals surface area contributed by atoms with Crippen LogP contribution in [0.2, 0.25) is 0 Å². The number of nitrogens with zero attached hydrogens (tertiary/aromatic N) is 1. The van der Waals surface area contributed by atoms with Gasteiger partial charge >= 0.3 is 6.18 Å². The molecule has 0 amide bonds. The second-order valence-corrected chi connectivity index (χ2v) is 4.25. The summed E-state index contributed by atoms with van der Waals surface area (Å²) in [5.41, 5.74) is -0.286. The third kappa shape index (κ3) is 3.28. The molecule has 21 heavy (non-hydrogen) atoms. The Hall–Kier alpha value is -2.63. The van der Waals surface area contributed by atoms with Gasteiger partial charge in [0.2, 0.25) is 5.78 Å². The van der Waals surface area contributed by atoms with Gasteiger partial charge in [0.25, 0.3) is 0 Å². The zero-order valence-electron chi connectivity index (χ0n) is 10.8. The van der Waals surface area contributed by atoms with Crippen LogP contribution in [0.4, 0.5) is 13.2 Å². The van der Waals surface area contributed by atoms with Crippen molar-refractivity contribution in [1.82, 2.24) is 0 Å². The van der Waals surface area contributed by atoms with E-state index in [1.54, 1.807) is 30.3 Å². The van der Waals surface area contributed by atoms with Crippen molar-refractivity contribution in [1.29, 1.82) is 0 Å². The Kier molecular flexibility index (Phi) is 4.07. The lowest BCUT2D eigenvalue weighted by Gasteiger charge is -2.08. The molecule has 0 aliphatic carbocycles. The quantitative estimate of drug-likeness (QED) is 0.408. The number of benzene rings is 2. The van der Waals surface area contributed by atoms with Gasteiger partial charge in [0.15, 0.2) is 0 Å². The summed E-state index contributed by atoms with van der Waals surface area (Å²) < 4.78 is 37.5. The topological polar surface area (TPSA) is 55.4 Å². The van der Waals surface area contributed by atoms with Crippen molar-refractivity contribution in [2.24, 2.45) is 10.9 Å². The molecular formula is C15H11F3N2O. The van der Waals surface area contributed by atoms with Crippen molar-refractivity contribution in [2.75, 3.05) is 0 Å². The van der Waals surface area contributed by atoms with Crippen LogP contribution >= 0.6 is 0 Å². The fourth-order valence-electron chi connectivity index (χ4n) is 1.81. The highest BCUT2D eigenvalue weighted by Crippen LogP contribution is 2.29. The monoisotopic (exact) mass is 292 g/mol. The maximum Gasteiger partial charge on any atom is 0.416 e. The first-order valence-corrected chi connectivity index (χ1v) is 5.98. The van der Waals surface area contributed by atoms with Crippen LogP contribution in [0.25, 0.3) is 0 Å². The minimum absolute atomic E-state index is 0.0880. The first-order chi connectivity index (χ1) is 9.93.